The van der Waals surface area contributed by atoms with Crippen LogP contribution in [0.2, 0.25) is 0 Å². The van der Waals surface area contributed by atoms with Crippen LogP contribution in [0, 0.1) is 13.8 Å². The lowest BCUT2D eigenvalue weighted by Gasteiger charge is -2.18. The molecule has 186 valence electrons. The van der Waals surface area contributed by atoms with E-state index >= 15 is 0 Å². The van der Waals surface area contributed by atoms with E-state index in [1.807, 2.05) is 24.3 Å². The quantitative estimate of drug-likeness (QED) is 0.237. The predicted octanol–water partition coefficient (Wildman–Crippen LogP) is 9.63. The summed E-state index contributed by atoms with van der Waals surface area (Å²) >= 11 is 0. The number of aryl methyl sites for hydroxylation is 2. The second-order valence-corrected chi connectivity index (χ2v) is 9.84. The Kier molecular flexibility index (Phi) is 6.09. The van der Waals surface area contributed by atoms with Crippen molar-refractivity contribution in [2.45, 2.75) is 13.8 Å². The molecule has 0 heterocycles. The highest BCUT2D eigenvalue weighted by molar-refractivity contribution is 6.09. The van der Waals surface area contributed by atoms with Crippen molar-refractivity contribution < 1.29 is 9.47 Å². The summed E-state index contributed by atoms with van der Waals surface area (Å²) in [6, 6.07) is 39.1. The predicted molar refractivity (Wildman–Crippen MR) is 160 cm³/mol. The first-order valence-corrected chi connectivity index (χ1v) is 12.9. The van der Waals surface area contributed by atoms with Crippen LogP contribution in [0.5, 0.6) is 11.5 Å². The van der Waals surface area contributed by atoms with Crippen LogP contribution in [0.1, 0.15) is 11.1 Å². The van der Waals surface area contributed by atoms with Crippen molar-refractivity contribution in [1.82, 2.24) is 0 Å². The molecule has 0 aliphatic rings. The number of benzene rings is 6. The minimum atomic E-state index is 0.866. The van der Waals surface area contributed by atoms with Gasteiger partial charge in [-0.05, 0) is 116 Å². The minimum absolute atomic E-state index is 0.866. The maximum atomic E-state index is 5.37. The third-order valence-corrected chi connectivity index (χ3v) is 7.56. The molecule has 2 nitrogen and oxygen atoms in total. The van der Waals surface area contributed by atoms with Crippen LogP contribution in [0.25, 0.3) is 54.9 Å². The Hall–Kier alpha value is -4.56. The van der Waals surface area contributed by atoms with Crippen molar-refractivity contribution in [1.29, 1.82) is 0 Å². The first-order valence-electron chi connectivity index (χ1n) is 12.9. The molecular weight excluding hydrogens is 464 g/mol. The van der Waals surface area contributed by atoms with E-state index in [9.17, 15) is 0 Å². The lowest BCUT2D eigenvalue weighted by Crippen LogP contribution is -1.93. The van der Waals surface area contributed by atoms with Gasteiger partial charge in [-0.25, -0.2) is 0 Å². The van der Waals surface area contributed by atoms with E-state index in [1.165, 1.54) is 66.1 Å². The summed E-state index contributed by atoms with van der Waals surface area (Å²) in [6.45, 7) is 4.45. The number of fused-ring (bicyclic) bond motifs is 2. The SMILES string of the molecule is COc1ccc(-c2ccc3ccc(C)c(-c4c(C)ccc5ccc(-c6ccc(OC)cc6)cc45)c3c2)cc1. The van der Waals surface area contributed by atoms with Gasteiger partial charge in [-0.1, -0.05) is 72.8 Å². The molecule has 0 unspecified atom stereocenters. The molecule has 0 fully saturated rings. The van der Waals surface area contributed by atoms with Gasteiger partial charge in [0.05, 0.1) is 14.2 Å². The summed E-state index contributed by atoms with van der Waals surface area (Å²) in [7, 11) is 3.40. The van der Waals surface area contributed by atoms with Gasteiger partial charge in [-0.15, -0.1) is 0 Å². The monoisotopic (exact) mass is 494 g/mol. The van der Waals surface area contributed by atoms with Crippen molar-refractivity contribution >= 4 is 21.5 Å². The van der Waals surface area contributed by atoms with Crippen molar-refractivity contribution in [3.63, 3.8) is 0 Å². The first-order chi connectivity index (χ1) is 18.6. The molecule has 6 rings (SSSR count). The Balaban J connectivity index is 1.58. The van der Waals surface area contributed by atoms with Crippen LogP contribution in [-0.2, 0) is 0 Å². The average molecular weight is 495 g/mol. The fourth-order valence-corrected chi connectivity index (χ4v) is 5.45. The summed E-state index contributed by atoms with van der Waals surface area (Å²) in [6.07, 6.45) is 0. The van der Waals surface area contributed by atoms with Crippen LogP contribution >= 0.6 is 0 Å². The Morgan fingerprint density at radius 1 is 0.395 bits per heavy atom. The summed E-state index contributed by atoms with van der Waals surface area (Å²) in [5.74, 6) is 1.73. The van der Waals surface area contributed by atoms with E-state index in [1.54, 1.807) is 14.2 Å². The van der Waals surface area contributed by atoms with Gasteiger partial charge in [0.15, 0.2) is 0 Å². The molecule has 0 saturated carbocycles. The van der Waals surface area contributed by atoms with E-state index < -0.39 is 0 Å². The maximum Gasteiger partial charge on any atom is 0.118 e. The molecule has 0 saturated heterocycles. The van der Waals surface area contributed by atoms with Crippen molar-refractivity contribution in [2.24, 2.45) is 0 Å². The number of hydrogen-bond donors (Lipinski definition) is 0. The molecule has 0 spiro atoms. The van der Waals surface area contributed by atoms with E-state index in [-0.39, 0.29) is 0 Å². The first kappa shape index (κ1) is 23.8. The smallest absolute Gasteiger partial charge is 0.118 e. The van der Waals surface area contributed by atoms with Gasteiger partial charge in [0, 0.05) is 0 Å². The zero-order chi connectivity index (χ0) is 26.2. The van der Waals surface area contributed by atoms with E-state index in [0.717, 1.165) is 11.5 Å². The molecule has 0 aliphatic carbocycles. The third kappa shape index (κ3) is 4.18. The van der Waals surface area contributed by atoms with E-state index in [0.29, 0.717) is 0 Å². The molecule has 2 heteroatoms. The molecular formula is C36H30O2. The van der Waals surface area contributed by atoms with Gasteiger partial charge >= 0.3 is 0 Å². The second kappa shape index (κ2) is 9.72. The largest absolute Gasteiger partial charge is 0.497 e. The van der Waals surface area contributed by atoms with Gasteiger partial charge in [-0.2, -0.15) is 0 Å². The van der Waals surface area contributed by atoms with Crippen LogP contribution < -0.4 is 9.47 Å². The highest BCUT2D eigenvalue weighted by atomic mass is 16.5. The van der Waals surface area contributed by atoms with E-state index in [2.05, 4.69) is 98.8 Å². The summed E-state index contributed by atoms with van der Waals surface area (Å²) < 4.78 is 10.7. The fourth-order valence-electron chi connectivity index (χ4n) is 5.45. The Labute approximate surface area is 224 Å². The molecule has 38 heavy (non-hydrogen) atoms. The zero-order valence-corrected chi connectivity index (χ0v) is 22.2. The molecule has 6 aromatic rings. The number of methoxy groups -OCH3 is 2. The van der Waals surface area contributed by atoms with Crippen LogP contribution in [0.3, 0.4) is 0 Å². The average Bonchev–Trinajstić information content (AvgIpc) is 2.97. The molecule has 0 aromatic heterocycles. The maximum absolute atomic E-state index is 5.37. The van der Waals surface area contributed by atoms with E-state index in [4.69, 9.17) is 9.47 Å². The second-order valence-electron chi connectivity index (χ2n) is 9.84. The Morgan fingerprint density at radius 3 is 1.11 bits per heavy atom. The summed E-state index contributed by atoms with van der Waals surface area (Å²) in [5.41, 5.74) is 9.89. The molecule has 6 aromatic carbocycles. The van der Waals surface area contributed by atoms with Gasteiger partial charge in [-0.3, -0.25) is 0 Å². The topological polar surface area (TPSA) is 18.5 Å². The fraction of sp³-hybridized carbons (Fsp3) is 0.111. The lowest BCUT2D eigenvalue weighted by molar-refractivity contribution is 0.415. The molecule has 0 amide bonds. The molecule has 0 aliphatic heterocycles. The Bertz CT molecular complexity index is 1640. The molecule has 0 radical (unpaired) electrons. The van der Waals surface area contributed by atoms with Crippen molar-refractivity contribution in [3.05, 3.63) is 120 Å². The van der Waals surface area contributed by atoms with Crippen LogP contribution in [-0.4, -0.2) is 14.2 Å². The number of rotatable bonds is 5. The van der Waals surface area contributed by atoms with Crippen molar-refractivity contribution in [2.75, 3.05) is 14.2 Å². The lowest BCUT2D eigenvalue weighted by atomic mass is 9.86. The van der Waals surface area contributed by atoms with Crippen LogP contribution in [0.4, 0.5) is 0 Å². The number of ether oxygens (including phenoxy) is 2. The molecule has 0 bridgehead atoms. The summed E-state index contributed by atoms with van der Waals surface area (Å²) in [4.78, 5) is 0. The molecule has 0 N–H and O–H groups in total. The Morgan fingerprint density at radius 2 is 0.737 bits per heavy atom. The highest BCUT2D eigenvalue weighted by Gasteiger charge is 2.15. The highest BCUT2D eigenvalue weighted by Crippen LogP contribution is 2.41. The molecule has 0 atom stereocenters. The van der Waals surface area contributed by atoms with Crippen LogP contribution in [0.15, 0.2) is 109 Å². The minimum Gasteiger partial charge on any atom is -0.497 e. The zero-order valence-electron chi connectivity index (χ0n) is 22.2. The van der Waals surface area contributed by atoms with Crippen molar-refractivity contribution in [3.8, 4) is 44.9 Å². The van der Waals surface area contributed by atoms with Gasteiger partial charge in [0.1, 0.15) is 11.5 Å². The van der Waals surface area contributed by atoms with Gasteiger partial charge in [0.2, 0.25) is 0 Å². The van der Waals surface area contributed by atoms with Gasteiger partial charge in [0.25, 0.3) is 0 Å². The van der Waals surface area contributed by atoms with Gasteiger partial charge < -0.3 is 9.47 Å². The normalized spacial score (nSPS) is 11.2. The number of hydrogen-bond acceptors (Lipinski definition) is 2. The third-order valence-electron chi connectivity index (χ3n) is 7.56. The standard InChI is InChI=1S/C36H30O2/c1-23-5-7-27-9-11-29(25-13-17-31(37-3)18-14-25)21-33(27)35(23)36-24(2)6-8-28-10-12-30(22-34(28)36)26-15-19-32(38-4)20-16-26/h5-22H,1-4H3. The summed E-state index contributed by atoms with van der Waals surface area (Å²) in [5, 5.41) is 5.02.